The van der Waals surface area contributed by atoms with Crippen molar-refractivity contribution in [3.8, 4) is 44.5 Å². The van der Waals surface area contributed by atoms with Gasteiger partial charge in [0, 0.05) is 33.5 Å². The van der Waals surface area contributed by atoms with Crippen LogP contribution in [0.25, 0.3) is 76.8 Å². The summed E-state index contributed by atoms with van der Waals surface area (Å²) in [5.41, 5.74) is 14.6. The van der Waals surface area contributed by atoms with Crippen LogP contribution in [0.4, 0.5) is 60.5 Å². The summed E-state index contributed by atoms with van der Waals surface area (Å²) in [6, 6.07) is 72.9. The van der Waals surface area contributed by atoms with Crippen molar-refractivity contribution < 1.29 is 26.3 Å². The van der Waals surface area contributed by atoms with Gasteiger partial charge in [-0.15, -0.1) is 0 Å². The lowest BCUT2D eigenvalue weighted by molar-refractivity contribution is -0.138. The summed E-state index contributed by atoms with van der Waals surface area (Å²) < 4.78 is 85.7. The van der Waals surface area contributed by atoms with Crippen LogP contribution in [0.1, 0.15) is 33.4 Å². The first-order valence-electron chi connectivity index (χ1n) is 25.8. The molecule has 0 aliphatic carbocycles. The second-order valence-corrected chi connectivity index (χ2v) is 20.4. The number of halogens is 6. The van der Waals surface area contributed by atoms with Crippen LogP contribution in [0.5, 0.6) is 0 Å². The summed E-state index contributed by atoms with van der Waals surface area (Å²) in [7, 11) is 0. The molecule has 0 saturated heterocycles. The van der Waals surface area contributed by atoms with Gasteiger partial charge in [-0.05, 0) is 191 Å². The Kier molecular flexibility index (Phi) is 12.4. The van der Waals surface area contributed by atoms with Crippen LogP contribution in [0.2, 0.25) is 0 Å². The molecule has 0 bridgehead atoms. The van der Waals surface area contributed by atoms with E-state index in [-0.39, 0.29) is 0 Å². The van der Waals surface area contributed by atoms with Gasteiger partial charge in [-0.25, -0.2) is 0 Å². The van der Waals surface area contributed by atoms with Gasteiger partial charge in [-0.2, -0.15) is 26.3 Å². The van der Waals surface area contributed by atoms with Gasteiger partial charge in [0.05, 0.1) is 22.5 Å². The van der Waals surface area contributed by atoms with E-state index in [1.165, 1.54) is 24.3 Å². The maximum absolute atomic E-state index is 14.3. The van der Waals surface area contributed by atoms with Gasteiger partial charge in [0.15, 0.2) is 0 Å². The minimum Gasteiger partial charge on any atom is -0.310 e. The van der Waals surface area contributed by atoms with Crippen molar-refractivity contribution in [3.05, 3.63) is 264 Å². The summed E-state index contributed by atoms with van der Waals surface area (Å²) in [5.74, 6) is 0. The predicted molar refractivity (Wildman–Crippen MR) is 310 cm³/mol. The van der Waals surface area contributed by atoms with Gasteiger partial charge < -0.3 is 9.80 Å². The first-order chi connectivity index (χ1) is 37.5. The fourth-order valence-electron chi connectivity index (χ4n) is 11.1. The second-order valence-electron chi connectivity index (χ2n) is 20.4. The molecule has 0 aliphatic rings. The molecule has 0 aromatic heterocycles. The van der Waals surface area contributed by atoms with Crippen molar-refractivity contribution in [1.29, 1.82) is 0 Å². The third-order valence-electron chi connectivity index (χ3n) is 14.8. The maximum atomic E-state index is 14.3. The molecular formula is C70H50F6N2. The van der Waals surface area contributed by atoms with E-state index in [0.29, 0.717) is 11.4 Å². The monoisotopic (exact) mass is 1030 g/mol. The normalized spacial score (nSPS) is 12.0. The van der Waals surface area contributed by atoms with E-state index in [1.54, 1.807) is 0 Å². The molecule has 78 heavy (non-hydrogen) atoms. The van der Waals surface area contributed by atoms with Crippen molar-refractivity contribution in [2.24, 2.45) is 0 Å². The van der Waals surface area contributed by atoms with Crippen molar-refractivity contribution in [2.75, 3.05) is 9.80 Å². The zero-order valence-corrected chi connectivity index (χ0v) is 43.1. The summed E-state index contributed by atoms with van der Waals surface area (Å²) in [6.07, 6.45) is -9.09. The molecule has 12 aromatic rings. The average molecular weight is 1030 g/mol. The molecule has 0 amide bonds. The Morgan fingerprint density at radius 2 is 0.564 bits per heavy atom. The molecule has 0 unspecified atom stereocenters. The second kappa shape index (κ2) is 19.5. The fourth-order valence-corrected chi connectivity index (χ4v) is 11.1. The summed E-state index contributed by atoms with van der Waals surface area (Å²) in [5, 5.41) is 5.44. The lowest BCUT2D eigenvalue weighted by atomic mass is 9.91. The molecule has 8 heteroatoms. The number of rotatable bonds is 10. The zero-order chi connectivity index (χ0) is 54.0. The van der Waals surface area contributed by atoms with Crippen LogP contribution < -0.4 is 9.80 Å². The van der Waals surface area contributed by atoms with Crippen molar-refractivity contribution in [1.82, 2.24) is 0 Å². The van der Waals surface area contributed by atoms with Gasteiger partial charge in [-0.1, -0.05) is 156 Å². The van der Waals surface area contributed by atoms with E-state index in [9.17, 15) is 26.3 Å². The fraction of sp³-hybridized carbons (Fsp3) is 0.0857. The molecule has 0 heterocycles. The van der Waals surface area contributed by atoms with E-state index >= 15 is 0 Å². The van der Waals surface area contributed by atoms with Crippen LogP contribution in [0.3, 0.4) is 0 Å². The minimum atomic E-state index is -4.55. The van der Waals surface area contributed by atoms with Crippen molar-refractivity contribution in [3.63, 3.8) is 0 Å². The molecule has 0 aliphatic heterocycles. The molecule has 382 valence electrons. The topological polar surface area (TPSA) is 6.48 Å². The number of anilines is 6. The van der Waals surface area contributed by atoms with E-state index in [2.05, 4.69) is 121 Å². The van der Waals surface area contributed by atoms with Crippen LogP contribution in [0.15, 0.2) is 231 Å². The summed E-state index contributed by atoms with van der Waals surface area (Å²) >= 11 is 0. The van der Waals surface area contributed by atoms with Crippen LogP contribution in [0, 0.1) is 27.7 Å². The molecule has 0 spiro atoms. The van der Waals surface area contributed by atoms with Crippen LogP contribution in [-0.4, -0.2) is 0 Å². The Bertz CT molecular complexity index is 3830. The van der Waals surface area contributed by atoms with E-state index in [1.807, 2.05) is 98.2 Å². The lowest BCUT2D eigenvalue weighted by Gasteiger charge is -2.30. The quantitative estimate of drug-likeness (QED) is 0.0995. The van der Waals surface area contributed by atoms with Gasteiger partial charge in [0.2, 0.25) is 0 Å². The average Bonchev–Trinajstić information content (AvgIpc) is 3.48. The first kappa shape index (κ1) is 49.7. The van der Waals surface area contributed by atoms with E-state index < -0.39 is 23.5 Å². The molecule has 0 saturated carbocycles. The summed E-state index contributed by atoms with van der Waals surface area (Å²) in [6.45, 7) is 8.20. The molecule has 0 fully saturated rings. The number of nitrogens with zero attached hydrogens (tertiary/aromatic N) is 2. The third-order valence-corrected chi connectivity index (χ3v) is 14.8. The highest BCUT2D eigenvalue weighted by molar-refractivity contribution is 6.28. The highest BCUT2D eigenvalue weighted by Crippen LogP contribution is 2.50. The third kappa shape index (κ3) is 9.48. The molecule has 0 atom stereocenters. The number of alkyl halides is 6. The number of hydrogen-bond donors (Lipinski definition) is 0. The van der Waals surface area contributed by atoms with E-state index in [0.717, 1.165) is 146 Å². The molecule has 12 aromatic carbocycles. The van der Waals surface area contributed by atoms with Crippen LogP contribution in [-0.2, 0) is 12.4 Å². The Morgan fingerprint density at radius 3 is 0.846 bits per heavy atom. The largest absolute Gasteiger partial charge is 0.416 e. The number of benzene rings is 12. The summed E-state index contributed by atoms with van der Waals surface area (Å²) in [4.78, 5) is 4.09. The van der Waals surface area contributed by atoms with Crippen LogP contribution >= 0.6 is 0 Å². The lowest BCUT2D eigenvalue weighted by Crippen LogP contribution is -2.13. The Morgan fingerprint density at radius 1 is 0.269 bits per heavy atom. The zero-order valence-electron chi connectivity index (χ0n) is 43.1. The van der Waals surface area contributed by atoms with Gasteiger partial charge in [-0.3, -0.25) is 0 Å². The minimum absolute atomic E-state index is 0.529. The van der Waals surface area contributed by atoms with Gasteiger partial charge >= 0.3 is 12.4 Å². The maximum Gasteiger partial charge on any atom is 0.416 e. The molecular weight excluding hydrogens is 983 g/mol. The Labute approximate surface area is 449 Å². The van der Waals surface area contributed by atoms with Gasteiger partial charge in [0.25, 0.3) is 0 Å². The highest BCUT2D eigenvalue weighted by atomic mass is 19.4. The van der Waals surface area contributed by atoms with Crippen molar-refractivity contribution >= 4 is 66.4 Å². The first-order valence-corrected chi connectivity index (χ1v) is 25.8. The predicted octanol–water partition coefficient (Wildman–Crippen LogP) is 21.5. The molecule has 0 radical (unpaired) electrons. The van der Waals surface area contributed by atoms with Gasteiger partial charge in [0.1, 0.15) is 0 Å². The molecule has 2 nitrogen and oxygen atoms in total. The van der Waals surface area contributed by atoms with Crippen molar-refractivity contribution in [2.45, 2.75) is 40.0 Å². The molecule has 12 rings (SSSR count). The number of aryl methyl sites for hydroxylation is 4. The Hall–Kier alpha value is -9.14. The number of hydrogen-bond acceptors (Lipinski definition) is 2. The highest BCUT2D eigenvalue weighted by Gasteiger charge is 2.32. The van der Waals surface area contributed by atoms with E-state index in [4.69, 9.17) is 0 Å². The SMILES string of the molecule is Cc1cccc(-c2cc(-c3cccc(C)c3)cc(N(c3ccc(C(F)(F)F)cc3)c3ccc4ccc5c(N(c6ccc(C(F)(F)F)cc6)c6cc(-c7cccc(C)c7)cc(-c7cccc(C)c7)c6)ccc6ccc3c4c65)c2)c1. The molecule has 0 N–H and O–H groups in total. The Balaban J connectivity index is 1.12. The smallest absolute Gasteiger partial charge is 0.310 e. The standard InChI is InChI=1S/C70H50F6N2/c1-43-9-5-13-49(33-43)53-37-54(50-14-6-10-44(2)34-50)40-61(39-53)77(59-25-21-57(22-26-59)69(71,72)73)65-31-19-47-18-30-64-66(32-20-48-17-29-63(65)67(47)68(48)64)78(60-27-23-58(24-28-60)70(74,75)76)62-41-55(51-15-7-11-45(3)35-51)38-56(42-62)52-16-8-12-46(4)36-52/h5-42H,1-4H3.